The first-order valence-corrected chi connectivity index (χ1v) is 13.6. The zero-order valence-corrected chi connectivity index (χ0v) is 18.0. The number of nitrogens with one attached hydrogen (secondary N) is 1. The van der Waals surface area contributed by atoms with E-state index in [4.69, 9.17) is 0 Å². The third-order valence-corrected chi connectivity index (χ3v) is 10.5. The van der Waals surface area contributed by atoms with E-state index >= 15 is 0 Å². The van der Waals surface area contributed by atoms with Crippen LogP contribution in [-0.2, 0) is 20.0 Å². The zero-order chi connectivity index (χ0) is 19.3. The lowest BCUT2D eigenvalue weighted by atomic mass is 10.1. The quantitative estimate of drug-likeness (QED) is 0.659. The summed E-state index contributed by atoms with van der Waals surface area (Å²) in [6.45, 7) is 2.20. The van der Waals surface area contributed by atoms with Crippen LogP contribution in [0.5, 0.6) is 0 Å². The van der Waals surface area contributed by atoms with Crippen molar-refractivity contribution in [3.05, 3.63) is 17.5 Å². The highest BCUT2D eigenvalue weighted by atomic mass is 32.2. The van der Waals surface area contributed by atoms with E-state index in [1.807, 2.05) is 0 Å². The monoisotopic (exact) mass is 435 g/mol. The van der Waals surface area contributed by atoms with Crippen molar-refractivity contribution in [1.29, 1.82) is 0 Å². The second-order valence-corrected chi connectivity index (χ2v) is 12.3. The van der Waals surface area contributed by atoms with Crippen LogP contribution in [0.4, 0.5) is 0 Å². The number of hydrogen-bond acceptors (Lipinski definition) is 6. The summed E-state index contributed by atoms with van der Waals surface area (Å²) in [6, 6.07) is 3.22. The summed E-state index contributed by atoms with van der Waals surface area (Å²) in [4.78, 5) is 0. The average molecular weight is 436 g/mol. The normalized spacial score (nSPS) is 21.4. The zero-order valence-electron chi connectivity index (χ0n) is 15.5. The Morgan fingerprint density at radius 2 is 1.74 bits per heavy atom. The van der Waals surface area contributed by atoms with Gasteiger partial charge in [-0.05, 0) is 24.3 Å². The van der Waals surface area contributed by atoms with Crippen molar-refractivity contribution in [2.75, 3.05) is 38.5 Å². The lowest BCUT2D eigenvalue weighted by Crippen LogP contribution is -2.49. The molecule has 0 unspecified atom stereocenters. The molecule has 0 spiro atoms. The van der Waals surface area contributed by atoms with E-state index in [2.05, 4.69) is 5.32 Å². The van der Waals surface area contributed by atoms with Crippen LogP contribution in [0.25, 0.3) is 0 Å². The molecule has 0 aromatic carbocycles. The number of sulfonamides is 2. The minimum absolute atomic E-state index is 0.0250. The highest BCUT2D eigenvalue weighted by molar-refractivity contribution is 7.91. The number of thiophene rings is 1. The highest BCUT2D eigenvalue weighted by Crippen LogP contribution is 2.29. The van der Waals surface area contributed by atoms with Gasteiger partial charge in [-0.3, -0.25) is 0 Å². The van der Waals surface area contributed by atoms with Gasteiger partial charge in [-0.1, -0.05) is 31.7 Å². The molecule has 7 nitrogen and oxygen atoms in total. The van der Waals surface area contributed by atoms with Crippen molar-refractivity contribution in [2.45, 2.75) is 48.8 Å². The van der Waals surface area contributed by atoms with Crippen molar-refractivity contribution in [3.8, 4) is 0 Å². The van der Waals surface area contributed by atoms with Gasteiger partial charge in [-0.2, -0.15) is 8.61 Å². The van der Waals surface area contributed by atoms with E-state index < -0.39 is 20.0 Å². The lowest BCUT2D eigenvalue weighted by Gasteiger charge is -2.31. The first-order valence-electron chi connectivity index (χ1n) is 9.65. The molecule has 2 fully saturated rings. The molecule has 2 aliphatic rings. The average Bonchev–Trinajstić information content (AvgIpc) is 3.08. The third-order valence-electron chi connectivity index (χ3n) is 5.33. The summed E-state index contributed by atoms with van der Waals surface area (Å²) in [6.07, 6.45) is 5.82. The predicted molar refractivity (Wildman–Crippen MR) is 108 cm³/mol. The Bertz CT molecular complexity index is 779. The summed E-state index contributed by atoms with van der Waals surface area (Å²) in [5.74, 6) is -0.159. The lowest BCUT2D eigenvalue weighted by molar-refractivity contribution is 0.301. The SMILES string of the molecule is O=S(=O)(CCN(C1CCCCCC1)S(=O)(=O)c1cccs1)N1CCNCC1. The molecule has 1 saturated heterocycles. The molecule has 0 amide bonds. The van der Waals surface area contributed by atoms with E-state index in [9.17, 15) is 16.8 Å². The Hall–Kier alpha value is -0.520. The van der Waals surface area contributed by atoms with Gasteiger partial charge in [0.25, 0.3) is 10.0 Å². The van der Waals surface area contributed by atoms with E-state index in [-0.39, 0.29) is 18.3 Å². The number of hydrogen-bond donors (Lipinski definition) is 1. The van der Waals surface area contributed by atoms with Crippen molar-refractivity contribution in [1.82, 2.24) is 13.9 Å². The summed E-state index contributed by atoms with van der Waals surface area (Å²) in [5.41, 5.74) is 0. The largest absolute Gasteiger partial charge is 0.314 e. The third kappa shape index (κ3) is 5.30. The molecule has 1 aromatic heterocycles. The highest BCUT2D eigenvalue weighted by Gasteiger charge is 2.34. The molecule has 27 heavy (non-hydrogen) atoms. The number of nitrogens with zero attached hydrogens (tertiary/aromatic N) is 2. The van der Waals surface area contributed by atoms with Crippen LogP contribution in [0.2, 0.25) is 0 Å². The smallest absolute Gasteiger partial charge is 0.252 e. The van der Waals surface area contributed by atoms with Crippen molar-refractivity contribution in [3.63, 3.8) is 0 Å². The van der Waals surface area contributed by atoms with E-state index in [1.54, 1.807) is 17.5 Å². The van der Waals surface area contributed by atoms with E-state index in [0.29, 0.717) is 30.4 Å². The van der Waals surface area contributed by atoms with Crippen LogP contribution in [-0.4, -0.2) is 70.0 Å². The van der Waals surface area contributed by atoms with Crippen molar-refractivity contribution >= 4 is 31.4 Å². The number of piperazine rings is 1. The van der Waals surface area contributed by atoms with Gasteiger partial charge in [-0.25, -0.2) is 16.8 Å². The maximum absolute atomic E-state index is 13.2. The van der Waals surface area contributed by atoms with Crippen LogP contribution >= 0.6 is 11.3 Å². The molecule has 0 atom stereocenters. The Labute approximate surface area is 166 Å². The molecule has 3 rings (SSSR count). The van der Waals surface area contributed by atoms with Crippen LogP contribution in [0.15, 0.2) is 21.7 Å². The molecule has 154 valence electrons. The second-order valence-electron chi connectivity index (χ2n) is 7.16. The predicted octanol–water partition coefficient (Wildman–Crippen LogP) is 1.70. The van der Waals surface area contributed by atoms with Crippen molar-refractivity contribution < 1.29 is 16.8 Å². The molecular weight excluding hydrogens is 406 g/mol. The fourth-order valence-electron chi connectivity index (χ4n) is 3.83. The molecule has 10 heteroatoms. The molecule has 2 heterocycles. The van der Waals surface area contributed by atoms with Crippen LogP contribution in [0, 0.1) is 0 Å². The van der Waals surface area contributed by atoms with Crippen LogP contribution in [0.3, 0.4) is 0 Å². The Morgan fingerprint density at radius 1 is 1.07 bits per heavy atom. The molecular formula is C17H29N3O4S3. The Kier molecular flexibility index (Phi) is 7.32. The van der Waals surface area contributed by atoms with Gasteiger partial charge in [0.15, 0.2) is 0 Å². The van der Waals surface area contributed by atoms with Gasteiger partial charge < -0.3 is 5.32 Å². The molecule has 1 saturated carbocycles. The minimum Gasteiger partial charge on any atom is -0.314 e. The molecule has 0 bridgehead atoms. The van der Waals surface area contributed by atoms with E-state index in [1.165, 1.54) is 19.9 Å². The Morgan fingerprint density at radius 3 is 2.33 bits per heavy atom. The van der Waals surface area contributed by atoms with Gasteiger partial charge in [0, 0.05) is 38.8 Å². The molecule has 0 radical (unpaired) electrons. The maximum Gasteiger partial charge on any atom is 0.252 e. The summed E-state index contributed by atoms with van der Waals surface area (Å²) in [5, 5.41) is 4.89. The van der Waals surface area contributed by atoms with Crippen LogP contribution in [0.1, 0.15) is 38.5 Å². The molecule has 1 aliphatic carbocycles. The van der Waals surface area contributed by atoms with E-state index in [0.717, 1.165) is 38.5 Å². The minimum atomic E-state index is -3.67. The summed E-state index contributed by atoms with van der Waals surface area (Å²) >= 11 is 1.19. The van der Waals surface area contributed by atoms with Crippen molar-refractivity contribution in [2.24, 2.45) is 0 Å². The van der Waals surface area contributed by atoms with Crippen LogP contribution < -0.4 is 5.32 Å². The molecule has 1 aromatic rings. The fourth-order valence-corrected chi connectivity index (χ4v) is 8.17. The molecule has 1 N–H and O–H groups in total. The van der Waals surface area contributed by atoms with Gasteiger partial charge in [0.1, 0.15) is 4.21 Å². The fraction of sp³-hybridized carbons (Fsp3) is 0.765. The first-order chi connectivity index (χ1) is 12.9. The Balaban J connectivity index is 1.79. The maximum atomic E-state index is 13.2. The van der Waals surface area contributed by atoms with Gasteiger partial charge >= 0.3 is 0 Å². The number of rotatable bonds is 7. The summed E-state index contributed by atoms with van der Waals surface area (Å²) in [7, 11) is -7.13. The summed E-state index contributed by atoms with van der Waals surface area (Å²) < 4.78 is 55.2. The molecule has 1 aliphatic heterocycles. The first kappa shape index (κ1) is 21.2. The van der Waals surface area contributed by atoms with Gasteiger partial charge in [-0.15, -0.1) is 11.3 Å². The van der Waals surface area contributed by atoms with Gasteiger partial charge in [0.2, 0.25) is 10.0 Å². The second kappa shape index (κ2) is 9.32. The van der Waals surface area contributed by atoms with Gasteiger partial charge in [0.05, 0.1) is 5.75 Å². The standard InChI is InChI=1S/C17H29N3O4S3/c21-26(22,19-11-9-18-10-12-19)15-13-20(16-6-3-1-2-4-7-16)27(23,24)17-8-5-14-25-17/h5,8,14,16,18H,1-4,6-7,9-13,15H2. The topological polar surface area (TPSA) is 86.8 Å².